The minimum Gasteiger partial charge on any atom is -0.355 e. The van der Waals surface area contributed by atoms with Crippen molar-refractivity contribution >= 4 is 26.8 Å². The van der Waals surface area contributed by atoms with Crippen LogP contribution in [-0.2, 0) is 4.32 Å². The van der Waals surface area contributed by atoms with Gasteiger partial charge in [-0.15, -0.1) is 0 Å². The summed E-state index contributed by atoms with van der Waals surface area (Å²) in [5, 5.41) is 10.2. The summed E-state index contributed by atoms with van der Waals surface area (Å²) in [4.78, 5) is 3.51. The number of aromatic amines is 1. The molecular formula is C19H15BrN2. The van der Waals surface area contributed by atoms with Gasteiger partial charge in [0.25, 0.3) is 0 Å². The first-order valence-electron chi connectivity index (χ1n) is 7.45. The van der Waals surface area contributed by atoms with E-state index in [1.807, 2.05) is 6.07 Å². The molecule has 22 heavy (non-hydrogen) atoms. The van der Waals surface area contributed by atoms with Gasteiger partial charge in [-0.05, 0) is 36.1 Å². The van der Waals surface area contributed by atoms with Crippen molar-refractivity contribution in [2.75, 3.05) is 0 Å². The van der Waals surface area contributed by atoms with Crippen LogP contribution in [0.4, 0.5) is 0 Å². The number of hydrogen-bond acceptors (Lipinski definition) is 1. The van der Waals surface area contributed by atoms with Crippen LogP contribution in [0.3, 0.4) is 0 Å². The summed E-state index contributed by atoms with van der Waals surface area (Å²) in [7, 11) is 0. The number of rotatable bonds is 2. The third-order valence-electron chi connectivity index (χ3n) is 4.55. The van der Waals surface area contributed by atoms with Gasteiger partial charge in [0, 0.05) is 22.5 Å². The van der Waals surface area contributed by atoms with Crippen molar-refractivity contribution in [2.45, 2.75) is 17.2 Å². The number of aromatic nitrogens is 1. The predicted octanol–water partition coefficient (Wildman–Crippen LogP) is 5.36. The normalized spacial score (nSPS) is 23.9. The molecular weight excluding hydrogens is 336 g/mol. The molecule has 2 aromatic carbocycles. The number of benzene rings is 2. The summed E-state index contributed by atoms with van der Waals surface area (Å²) in [5.74, 6) is 0.179. The van der Waals surface area contributed by atoms with E-state index in [9.17, 15) is 0 Å². The molecule has 0 atom stereocenters. The molecule has 1 saturated carbocycles. The summed E-state index contributed by atoms with van der Waals surface area (Å²) in [5.41, 5.74) is 4.74. The lowest BCUT2D eigenvalue weighted by Gasteiger charge is -2.40. The topological polar surface area (TPSA) is 39.6 Å². The average molecular weight is 351 g/mol. The Hall–Kier alpha value is -2.05. The molecule has 3 aromatic rings. The number of nitrogens with one attached hydrogen (secondary N) is 1. The SMILES string of the molecule is N#CC1CC(Br)(c2ccc3cc(-c4ccccc4)[nH]c3c2)C1. The second-order valence-corrected chi connectivity index (χ2v) is 7.57. The Bertz CT molecular complexity index is 867. The third-order valence-corrected chi connectivity index (χ3v) is 5.65. The van der Waals surface area contributed by atoms with Crippen molar-refractivity contribution in [3.05, 3.63) is 60.2 Å². The molecule has 0 aliphatic heterocycles. The van der Waals surface area contributed by atoms with Crippen molar-refractivity contribution in [1.82, 2.24) is 4.98 Å². The van der Waals surface area contributed by atoms with Crippen LogP contribution in [0.15, 0.2) is 54.6 Å². The van der Waals surface area contributed by atoms with Crippen molar-refractivity contribution < 1.29 is 0 Å². The minimum atomic E-state index is -0.0282. The molecule has 1 heterocycles. The number of nitrogens with zero attached hydrogens (tertiary/aromatic N) is 1. The number of H-pyrrole nitrogens is 1. The highest BCUT2D eigenvalue weighted by atomic mass is 79.9. The molecule has 1 aromatic heterocycles. The zero-order chi connectivity index (χ0) is 15.2. The Morgan fingerprint density at radius 3 is 2.59 bits per heavy atom. The van der Waals surface area contributed by atoms with Gasteiger partial charge < -0.3 is 4.98 Å². The maximum absolute atomic E-state index is 8.99. The van der Waals surface area contributed by atoms with Gasteiger partial charge in [-0.2, -0.15) is 5.26 Å². The largest absolute Gasteiger partial charge is 0.355 e. The monoisotopic (exact) mass is 350 g/mol. The Morgan fingerprint density at radius 2 is 1.86 bits per heavy atom. The fourth-order valence-electron chi connectivity index (χ4n) is 3.23. The van der Waals surface area contributed by atoms with Gasteiger partial charge >= 0.3 is 0 Å². The quantitative estimate of drug-likeness (QED) is 0.621. The smallest absolute Gasteiger partial charge is 0.0657 e. The van der Waals surface area contributed by atoms with E-state index in [0.717, 1.165) is 24.1 Å². The lowest BCUT2D eigenvalue weighted by atomic mass is 9.72. The van der Waals surface area contributed by atoms with Crippen LogP contribution in [0.25, 0.3) is 22.2 Å². The maximum atomic E-state index is 8.99. The number of fused-ring (bicyclic) bond motifs is 1. The van der Waals surface area contributed by atoms with E-state index >= 15 is 0 Å². The molecule has 1 N–H and O–H groups in total. The van der Waals surface area contributed by atoms with E-state index < -0.39 is 0 Å². The molecule has 1 aliphatic rings. The van der Waals surface area contributed by atoms with Gasteiger partial charge in [-0.3, -0.25) is 0 Å². The first-order valence-corrected chi connectivity index (χ1v) is 8.24. The number of halogens is 1. The third kappa shape index (κ3) is 2.15. The standard InChI is InChI=1S/C19H15BrN2/c20-19(10-13(11-19)12-21)16-7-6-15-8-17(22-18(15)9-16)14-4-2-1-3-5-14/h1-9,13,22H,10-11H2. The van der Waals surface area contributed by atoms with Crippen molar-refractivity contribution in [2.24, 2.45) is 5.92 Å². The Kier molecular flexibility index (Phi) is 3.09. The van der Waals surface area contributed by atoms with E-state index in [1.54, 1.807) is 0 Å². The Labute approximate surface area is 137 Å². The second-order valence-electron chi connectivity index (χ2n) is 6.05. The fourth-order valence-corrected chi connectivity index (χ4v) is 4.26. The molecule has 2 nitrogen and oxygen atoms in total. The first-order chi connectivity index (χ1) is 10.7. The lowest BCUT2D eigenvalue weighted by Crippen LogP contribution is -2.34. The van der Waals surface area contributed by atoms with E-state index in [1.165, 1.54) is 16.5 Å². The van der Waals surface area contributed by atoms with Gasteiger partial charge in [0.15, 0.2) is 0 Å². The molecule has 3 heteroatoms. The van der Waals surface area contributed by atoms with E-state index in [4.69, 9.17) is 5.26 Å². The van der Waals surface area contributed by atoms with Crippen LogP contribution in [0.5, 0.6) is 0 Å². The molecule has 108 valence electrons. The molecule has 0 spiro atoms. The molecule has 1 aliphatic carbocycles. The van der Waals surface area contributed by atoms with Gasteiger partial charge in [-0.25, -0.2) is 0 Å². The van der Waals surface area contributed by atoms with E-state index in [2.05, 4.69) is 75.5 Å². The van der Waals surface area contributed by atoms with Crippen molar-refractivity contribution in [3.63, 3.8) is 0 Å². The van der Waals surface area contributed by atoms with Crippen LogP contribution in [0.1, 0.15) is 18.4 Å². The van der Waals surface area contributed by atoms with Crippen LogP contribution < -0.4 is 0 Å². The summed E-state index contributed by atoms with van der Waals surface area (Å²) in [6.45, 7) is 0. The summed E-state index contributed by atoms with van der Waals surface area (Å²) in [6, 6.07) is 21.4. The molecule has 0 bridgehead atoms. The van der Waals surface area contributed by atoms with Crippen molar-refractivity contribution in [3.8, 4) is 17.3 Å². The molecule has 4 rings (SSSR count). The highest BCUT2D eigenvalue weighted by molar-refractivity contribution is 9.09. The number of hydrogen-bond donors (Lipinski definition) is 1. The zero-order valence-electron chi connectivity index (χ0n) is 12.0. The molecule has 0 amide bonds. The molecule has 1 fully saturated rings. The predicted molar refractivity (Wildman–Crippen MR) is 92.7 cm³/mol. The number of alkyl halides is 1. The molecule has 0 radical (unpaired) electrons. The molecule has 0 saturated heterocycles. The van der Waals surface area contributed by atoms with Crippen LogP contribution in [-0.4, -0.2) is 4.98 Å². The van der Waals surface area contributed by atoms with Crippen LogP contribution in [0.2, 0.25) is 0 Å². The van der Waals surface area contributed by atoms with Gasteiger partial charge in [0.05, 0.1) is 10.4 Å². The van der Waals surface area contributed by atoms with Crippen LogP contribution >= 0.6 is 15.9 Å². The lowest BCUT2D eigenvalue weighted by molar-refractivity contribution is 0.301. The maximum Gasteiger partial charge on any atom is 0.0657 e. The number of nitriles is 1. The zero-order valence-corrected chi connectivity index (χ0v) is 13.6. The van der Waals surface area contributed by atoms with Gasteiger partial charge in [0.1, 0.15) is 0 Å². The van der Waals surface area contributed by atoms with Crippen molar-refractivity contribution in [1.29, 1.82) is 5.26 Å². The van der Waals surface area contributed by atoms with E-state index in [-0.39, 0.29) is 10.2 Å². The minimum absolute atomic E-state index is 0.0282. The summed E-state index contributed by atoms with van der Waals surface area (Å²) >= 11 is 3.83. The van der Waals surface area contributed by atoms with Gasteiger partial charge in [-0.1, -0.05) is 58.4 Å². The second kappa shape index (κ2) is 5.00. The first kappa shape index (κ1) is 13.6. The fraction of sp³-hybridized carbons (Fsp3) is 0.211. The molecule has 0 unspecified atom stereocenters. The Balaban J connectivity index is 1.72. The highest BCUT2D eigenvalue weighted by Gasteiger charge is 2.43. The average Bonchev–Trinajstić information content (AvgIpc) is 2.95. The van der Waals surface area contributed by atoms with Crippen LogP contribution in [0, 0.1) is 17.2 Å². The summed E-state index contributed by atoms with van der Waals surface area (Å²) in [6.07, 6.45) is 1.78. The summed E-state index contributed by atoms with van der Waals surface area (Å²) < 4.78 is -0.0282. The highest BCUT2D eigenvalue weighted by Crippen LogP contribution is 2.52. The van der Waals surface area contributed by atoms with Gasteiger partial charge in [0.2, 0.25) is 0 Å². The van der Waals surface area contributed by atoms with E-state index in [0.29, 0.717) is 0 Å². The Morgan fingerprint density at radius 1 is 1.09 bits per heavy atom.